The zero-order chi connectivity index (χ0) is 13.5. The Morgan fingerprint density at radius 3 is 2.47 bits per heavy atom. The van der Waals surface area contributed by atoms with Crippen molar-refractivity contribution in [1.29, 1.82) is 0 Å². The van der Waals surface area contributed by atoms with Crippen LogP contribution in [-0.4, -0.2) is 24.5 Å². The van der Waals surface area contributed by atoms with Crippen LogP contribution in [0.4, 0.5) is 0 Å². The third kappa shape index (κ3) is 5.52. The Bertz CT molecular complexity index is 272. The monoisotopic (exact) mass is 266 g/mol. The van der Waals surface area contributed by atoms with Crippen molar-refractivity contribution in [3.05, 3.63) is 0 Å². The van der Waals surface area contributed by atoms with Gasteiger partial charge in [-0.1, -0.05) is 32.1 Å². The lowest BCUT2D eigenvalue weighted by molar-refractivity contribution is -0.122. The number of nitrogens with one attached hydrogen (secondary N) is 2. The largest absolute Gasteiger partial charge is 0.355 e. The molecule has 1 heterocycles. The van der Waals surface area contributed by atoms with Crippen molar-refractivity contribution >= 4 is 5.91 Å². The second-order valence-corrected chi connectivity index (χ2v) is 6.56. The smallest absolute Gasteiger partial charge is 0.220 e. The van der Waals surface area contributed by atoms with Gasteiger partial charge in [-0.2, -0.15) is 0 Å². The summed E-state index contributed by atoms with van der Waals surface area (Å²) in [5, 5.41) is 6.71. The van der Waals surface area contributed by atoms with Crippen LogP contribution in [0, 0.1) is 5.92 Å². The maximum atomic E-state index is 12.0. The van der Waals surface area contributed by atoms with Gasteiger partial charge >= 0.3 is 0 Å². The molecule has 1 aliphatic heterocycles. The topological polar surface area (TPSA) is 41.1 Å². The highest BCUT2D eigenvalue weighted by molar-refractivity contribution is 5.76. The number of hydrogen-bond donors (Lipinski definition) is 2. The van der Waals surface area contributed by atoms with Crippen LogP contribution in [-0.2, 0) is 4.79 Å². The molecule has 110 valence electrons. The summed E-state index contributed by atoms with van der Waals surface area (Å²) in [6, 6.07) is 1.10. The summed E-state index contributed by atoms with van der Waals surface area (Å²) in [4.78, 5) is 12.0. The average Bonchev–Trinajstić information content (AvgIpc) is 2.65. The van der Waals surface area contributed by atoms with E-state index < -0.39 is 0 Å². The van der Waals surface area contributed by atoms with Gasteiger partial charge in [0.25, 0.3) is 0 Å². The zero-order valence-electron chi connectivity index (χ0n) is 12.4. The van der Waals surface area contributed by atoms with E-state index in [4.69, 9.17) is 0 Å². The van der Waals surface area contributed by atoms with Gasteiger partial charge in [-0.25, -0.2) is 0 Å². The van der Waals surface area contributed by atoms with Crippen LogP contribution in [0.15, 0.2) is 0 Å². The number of carbonyl (C=O) groups is 1. The van der Waals surface area contributed by atoms with Gasteiger partial charge in [-0.15, -0.1) is 0 Å². The summed E-state index contributed by atoms with van der Waals surface area (Å²) in [7, 11) is 0. The molecule has 0 bridgehead atoms. The molecule has 2 fully saturated rings. The van der Waals surface area contributed by atoms with Gasteiger partial charge in [0, 0.05) is 25.0 Å². The summed E-state index contributed by atoms with van der Waals surface area (Å²) in [6.45, 7) is 3.05. The molecular formula is C16H30N2O. The van der Waals surface area contributed by atoms with Gasteiger partial charge in [-0.3, -0.25) is 4.79 Å². The highest BCUT2D eigenvalue weighted by atomic mass is 16.1. The van der Waals surface area contributed by atoms with E-state index in [9.17, 15) is 4.79 Å². The van der Waals surface area contributed by atoms with Gasteiger partial charge < -0.3 is 10.6 Å². The van der Waals surface area contributed by atoms with E-state index in [1.807, 2.05) is 0 Å². The van der Waals surface area contributed by atoms with Crippen LogP contribution in [0.3, 0.4) is 0 Å². The van der Waals surface area contributed by atoms with E-state index in [2.05, 4.69) is 17.6 Å². The van der Waals surface area contributed by atoms with Crippen LogP contribution in [0.2, 0.25) is 0 Å². The van der Waals surface area contributed by atoms with Crippen molar-refractivity contribution in [2.75, 3.05) is 6.54 Å². The van der Waals surface area contributed by atoms with Crippen LogP contribution in [0.1, 0.15) is 71.1 Å². The van der Waals surface area contributed by atoms with Crippen molar-refractivity contribution in [1.82, 2.24) is 10.6 Å². The molecule has 0 aromatic rings. The first-order valence-electron chi connectivity index (χ1n) is 8.27. The summed E-state index contributed by atoms with van der Waals surface area (Å²) < 4.78 is 0. The molecule has 1 aliphatic carbocycles. The Morgan fingerprint density at radius 1 is 1.05 bits per heavy atom. The first-order chi connectivity index (χ1) is 9.24. The Kier molecular flexibility index (Phi) is 6.15. The third-order valence-corrected chi connectivity index (χ3v) is 4.70. The third-order valence-electron chi connectivity index (χ3n) is 4.70. The highest BCUT2D eigenvalue weighted by Gasteiger charge is 2.19. The van der Waals surface area contributed by atoms with Crippen molar-refractivity contribution < 1.29 is 4.79 Å². The van der Waals surface area contributed by atoms with Crippen LogP contribution in [0.25, 0.3) is 0 Å². The predicted octanol–water partition coefficient (Wildman–Crippen LogP) is 2.99. The van der Waals surface area contributed by atoms with Crippen LogP contribution < -0.4 is 10.6 Å². The maximum absolute atomic E-state index is 12.0. The normalized spacial score (nSPS) is 29.7. The van der Waals surface area contributed by atoms with E-state index in [0.717, 1.165) is 13.0 Å². The second kappa shape index (κ2) is 7.88. The minimum atomic E-state index is 0.270. The Hall–Kier alpha value is -0.570. The molecule has 19 heavy (non-hydrogen) atoms. The Balaban J connectivity index is 1.63. The van der Waals surface area contributed by atoms with Gasteiger partial charge in [0.05, 0.1) is 0 Å². The first-order valence-corrected chi connectivity index (χ1v) is 8.27. The van der Waals surface area contributed by atoms with Crippen LogP contribution >= 0.6 is 0 Å². The zero-order valence-corrected chi connectivity index (χ0v) is 12.4. The molecule has 3 heteroatoms. The number of amides is 1. The number of hydrogen-bond acceptors (Lipinski definition) is 2. The Labute approximate surface area is 117 Å². The lowest BCUT2D eigenvalue weighted by Crippen LogP contribution is -2.47. The molecule has 2 atom stereocenters. The quantitative estimate of drug-likeness (QED) is 0.768. The molecule has 3 nitrogen and oxygen atoms in total. The SMILES string of the molecule is CC1CCCC(CNC(=O)CC2CCCCCC2)N1. The molecule has 1 saturated heterocycles. The van der Waals surface area contributed by atoms with Gasteiger partial charge in [0.1, 0.15) is 0 Å². The second-order valence-electron chi connectivity index (χ2n) is 6.56. The average molecular weight is 266 g/mol. The van der Waals surface area contributed by atoms with Crippen molar-refractivity contribution in [2.24, 2.45) is 5.92 Å². The van der Waals surface area contributed by atoms with Gasteiger partial charge in [0.2, 0.25) is 5.91 Å². The molecule has 2 aliphatic rings. The molecule has 2 unspecified atom stereocenters. The maximum Gasteiger partial charge on any atom is 0.220 e. The fraction of sp³-hybridized carbons (Fsp3) is 0.938. The van der Waals surface area contributed by atoms with E-state index >= 15 is 0 Å². The van der Waals surface area contributed by atoms with E-state index in [1.165, 1.54) is 57.8 Å². The van der Waals surface area contributed by atoms with Crippen molar-refractivity contribution in [3.8, 4) is 0 Å². The fourth-order valence-corrected chi connectivity index (χ4v) is 3.54. The summed E-state index contributed by atoms with van der Waals surface area (Å²) in [6.07, 6.45) is 12.4. The molecule has 1 amide bonds. The first kappa shape index (κ1) is 14.8. The molecule has 1 saturated carbocycles. The van der Waals surface area contributed by atoms with Gasteiger partial charge in [-0.05, 0) is 38.5 Å². The summed E-state index contributed by atoms with van der Waals surface area (Å²) in [5.74, 6) is 0.910. The molecular weight excluding hydrogens is 236 g/mol. The summed E-state index contributed by atoms with van der Waals surface area (Å²) >= 11 is 0. The minimum absolute atomic E-state index is 0.270. The van der Waals surface area contributed by atoms with Crippen molar-refractivity contribution in [2.45, 2.75) is 83.2 Å². The van der Waals surface area contributed by atoms with Gasteiger partial charge in [0.15, 0.2) is 0 Å². The van der Waals surface area contributed by atoms with Crippen molar-refractivity contribution in [3.63, 3.8) is 0 Å². The fourth-order valence-electron chi connectivity index (χ4n) is 3.54. The van der Waals surface area contributed by atoms with E-state index in [-0.39, 0.29) is 5.91 Å². The molecule has 0 radical (unpaired) electrons. The van der Waals surface area contributed by atoms with Crippen LogP contribution in [0.5, 0.6) is 0 Å². The highest BCUT2D eigenvalue weighted by Crippen LogP contribution is 2.25. The molecule has 0 aromatic carbocycles. The predicted molar refractivity (Wildman–Crippen MR) is 79.1 cm³/mol. The molecule has 0 aromatic heterocycles. The summed E-state index contributed by atoms with van der Waals surface area (Å²) in [5.41, 5.74) is 0. The number of carbonyl (C=O) groups excluding carboxylic acids is 1. The molecule has 2 N–H and O–H groups in total. The van der Waals surface area contributed by atoms with E-state index in [0.29, 0.717) is 18.0 Å². The van der Waals surface area contributed by atoms with E-state index in [1.54, 1.807) is 0 Å². The lowest BCUT2D eigenvalue weighted by atomic mass is 9.96. The lowest BCUT2D eigenvalue weighted by Gasteiger charge is -2.29. The number of piperidine rings is 1. The Morgan fingerprint density at radius 2 is 1.79 bits per heavy atom. The standard InChI is InChI=1S/C16H30N2O/c1-13-7-6-10-15(18-13)12-17-16(19)11-14-8-4-2-3-5-9-14/h13-15,18H,2-12H2,1H3,(H,17,19). The minimum Gasteiger partial charge on any atom is -0.355 e. The molecule has 0 spiro atoms. The number of rotatable bonds is 4. The molecule has 2 rings (SSSR count).